The number of ether oxygens (including phenoxy) is 1. The maximum atomic E-state index is 12.0. The molecule has 2 N–H and O–H groups in total. The number of carbonyl (C=O) groups is 1. The van der Waals surface area contributed by atoms with Crippen LogP contribution in [0.25, 0.3) is 0 Å². The van der Waals surface area contributed by atoms with Crippen molar-refractivity contribution in [3.05, 3.63) is 24.3 Å². The molecule has 0 atom stereocenters. The number of β-amino-alcohol motifs (C(OH)–C–C–N with tert-alkyl or cyclic N) is 1. The molecular formula is C16H26ClN3O3. The predicted molar refractivity (Wildman–Crippen MR) is 93.5 cm³/mol. The molecule has 0 aromatic heterocycles. The van der Waals surface area contributed by atoms with Crippen molar-refractivity contribution in [1.82, 2.24) is 9.80 Å². The lowest BCUT2D eigenvalue weighted by atomic mass is 10.2. The second-order valence-electron chi connectivity index (χ2n) is 5.44. The first-order chi connectivity index (χ1) is 10.7. The molecular weight excluding hydrogens is 318 g/mol. The number of hydrogen-bond donors (Lipinski definition) is 2. The number of methoxy groups -OCH3 is 1. The number of nitrogens with one attached hydrogen (secondary N) is 1. The monoisotopic (exact) mass is 343 g/mol. The van der Waals surface area contributed by atoms with Crippen LogP contribution in [0, 0.1) is 0 Å². The maximum absolute atomic E-state index is 12.0. The van der Waals surface area contributed by atoms with E-state index in [1.807, 2.05) is 24.3 Å². The van der Waals surface area contributed by atoms with E-state index in [1.165, 1.54) is 0 Å². The van der Waals surface area contributed by atoms with E-state index in [2.05, 4.69) is 15.1 Å². The summed E-state index contributed by atoms with van der Waals surface area (Å²) in [4.78, 5) is 16.5. The largest absolute Gasteiger partial charge is 0.497 e. The van der Waals surface area contributed by atoms with Gasteiger partial charge in [-0.05, 0) is 12.1 Å². The van der Waals surface area contributed by atoms with Crippen LogP contribution in [0.1, 0.15) is 6.42 Å². The van der Waals surface area contributed by atoms with Gasteiger partial charge in [-0.25, -0.2) is 0 Å². The highest BCUT2D eigenvalue weighted by Gasteiger charge is 2.16. The maximum Gasteiger partial charge on any atom is 0.225 e. The quantitative estimate of drug-likeness (QED) is 0.775. The van der Waals surface area contributed by atoms with Crippen molar-refractivity contribution < 1.29 is 14.6 Å². The van der Waals surface area contributed by atoms with Gasteiger partial charge in [0.05, 0.1) is 13.7 Å². The van der Waals surface area contributed by atoms with Crippen LogP contribution >= 0.6 is 12.4 Å². The fourth-order valence-electron chi connectivity index (χ4n) is 2.56. The highest BCUT2D eigenvalue weighted by atomic mass is 35.5. The lowest BCUT2D eigenvalue weighted by molar-refractivity contribution is -0.116. The topological polar surface area (TPSA) is 65.0 Å². The second-order valence-corrected chi connectivity index (χ2v) is 5.44. The molecule has 1 saturated heterocycles. The lowest BCUT2D eigenvalue weighted by Gasteiger charge is -2.34. The minimum Gasteiger partial charge on any atom is -0.497 e. The van der Waals surface area contributed by atoms with Crippen molar-refractivity contribution in [2.45, 2.75) is 6.42 Å². The van der Waals surface area contributed by atoms with Crippen LogP contribution in [-0.2, 0) is 4.79 Å². The van der Waals surface area contributed by atoms with E-state index in [0.29, 0.717) is 6.42 Å². The molecule has 23 heavy (non-hydrogen) atoms. The number of hydrogen-bond acceptors (Lipinski definition) is 5. The summed E-state index contributed by atoms with van der Waals surface area (Å²) in [6.45, 7) is 5.53. The summed E-state index contributed by atoms with van der Waals surface area (Å²) in [6, 6.07) is 7.37. The summed E-state index contributed by atoms with van der Waals surface area (Å²) < 4.78 is 5.14. The molecule has 2 rings (SSSR count). The Labute approximate surface area is 143 Å². The summed E-state index contributed by atoms with van der Waals surface area (Å²) in [7, 11) is 1.61. The minimum atomic E-state index is 0. The molecule has 0 radical (unpaired) electrons. The number of aliphatic hydroxyl groups is 1. The molecule has 0 unspecified atom stereocenters. The van der Waals surface area contributed by atoms with Gasteiger partial charge in [0.2, 0.25) is 5.91 Å². The number of piperazine rings is 1. The van der Waals surface area contributed by atoms with E-state index >= 15 is 0 Å². The first kappa shape index (κ1) is 19.7. The van der Waals surface area contributed by atoms with E-state index in [0.717, 1.165) is 50.7 Å². The van der Waals surface area contributed by atoms with Crippen molar-refractivity contribution in [3.63, 3.8) is 0 Å². The fourth-order valence-corrected chi connectivity index (χ4v) is 2.56. The van der Waals surface area contributed by atoms with Crippen LogP contribution in [0.15, 0.2) is 24.3 Å². The lowest BCUT2D eigenvalue weighted by Crippen LogP contribution is -2.47. The van der Waals surface area contributed by atoms with Crippen LogP contribution in [0.3, 0.4) is 0 Å². The molecule has 0 spiro atoms. The van der Waals surface area contributed by atoms with Crippen molar-refractivity contribution in [2.24, 2.45) is 0 Å². The molecule has 1 aliphatic rings. The molecule has 130 valence electrons. The zero-order valence-corrected chi connectivity index (χ0v) is 14.3. The molecule has 0 saturated carbocycles. The summed E-state index contributed by atoms with van der Waals surface area (Å²) in [5, 5.41) is 11.8. The van der Waals surface area contributed by atoms with Crippen LogP contribution in [0.2, 0.25) is 0 Å². The summed E-state index contributed by atoms with van der Waals surface area (Å²) in [5.41, 5.74) is 0.761. The minimum absolute atomic E-state index is 0. The Bertz CT molecular complexity index is 479. The van der Waals surface area contributed by atoms with Gasteiger partial charge in [-0.3, -0.25) is 9.69 Å². The fraction of sp³-hybridized carbons (Fsp3) is 0.562. The Hall–Kier alpha value is -1.34. The smallest absolute Gasteiger partial charge is 0.225 e. The third-order valence-electron chi connectivity index (χ3n) is 3.89. The Balaban J connectivity index is 0.00000264. The number of nitrogens with zero attached hydrogens (tertiary/aromatic N) is 2. The summed E-state index contributed by atoms with van der Waals surface area (Å²) in [5.74, 6) is 0.754. The molecule has 7 heteroatoms. The van der Waals surface area contributed by atoms with Crippen LogP contribution in [0.5, 0.6) is 5.75 Å². The molecule has 1 aromatic rings. The second kappa shape index (κ2) is 10.4. The number of carbonyl (C=O) groups excluding carboxylic acids is 1. The van der Waals surface area contributed by atoms with Gasteiger partial charge in [0.1, 0.15) is 5.75 Å². The number of aliphatic hydroxyl groups excluding tert-OH is 1. The molecule has 1 amide bonds. The Morgan fingerprint density at radius 2 is 1.87 bits per heavy atom. The Kier molecular flexibility index (Phi) is 8.94. The van der Waals surface area contributed by atoms with E-state index < -0.39 is 0 Å². The van der Waals surface area contributed by atoms with Gasteiger partial charge in [0.15, 0.2) is 0 Å². The number of benzene rings is 1. The van der Waals surface area contributed by atoms with E-state index in [9.17, 15) is 4.79 Å². The average Bonchev–Trinajstić information content (AvgIpc) is 2.55. The average molecular weight is 344 g/mol. The molecule has 1 heterocycles. The van der Waals surface area contributed by atoms with Crippen LogP contribution in [-0.4, -0.2) is 73.8 Å². The summed E-state index contributed by atoms with van der Waals surface area (Å²) >= 11 is 0. The third-order valence-corrected chi connectivity index (χ3v) is 3.89. The number of rotatable bonds is 7. The van der Waals surface area contributed by atoms with Gasteiger partial charge in [-0.2, -0.15) is 0 Å². The normalized spacial score (nSPS) is 15.7. The van der Waals surface area contributed by atoms with Gasteiger partial charge >= 0.3 is 0 Å². The van der Waals surface area contributed by atoms with Crippen molar-refractivity contribution in [2.75, 3.05) is 58.3 Å². The van der Waals surface area contributed by atoms with Crippen molar-refractivity contribution in [3.8, 4) is 5.75 Å². The zero-order valence-electron chi connectivity index (χ0n) is 13.5. The van der Waals surface area contributed by atoms with Gasteiger partial charge in [0, 0.05) is 57.4 Å². The van der Waals surface area contributed by atoms with Crippen molar-refractivity contribution in [1.29, 1.82) is 0 Å². The third kappa shape index (κ3) is 6.74. The van der Waals surface area contributed by atoms with Gasteiger partial charge in [-0.1, -0.05) is 6.07 Å². The number of halogens is 1. The van der Waals surface area contributed by atoms with E-state index in [1.54, 1.807) is 7.11 Å². The number of amides is 1. The van der Waals surface area contributed by atoms with Crippen LogP contribution in [0.4, 0.5) is 5.69 Å². The molecule has 0 bridgehead atoms. The van der Waals surface area contributed by atoms with E-state index in [4.69, 9.17) is 9.84 Å². The number of anilines is 1. The Morgan fingerprint density at radius 1 is 1.22 bits per heavy atom. The highest BCUT2D eigenvalue weighted by molar-refractivity contribution is 5.91. The predicted octanol–water partition coefficient (Wildman–Crippen LogP) is 1.06. The highest BCUT2D eigenvalue weighted by Crippen LogP contribution is 2.16. The molecule has 0 aliphatic carbocycles. The summed E-state index contributed by atoms with van der Waals surface area (Å²) in [6.07, 6.45) is 0.483. The molecule has 1 aromatic carbocycles. The standard InChI is InChI=1S/C16H25N3O3.ClH/c1-22-15-4-2-3-14(13-15)17-16(21)5-6-18-7-9-19(10-8-18)11-12-20;/h2-4,13,20H,5-12H2,1H3,(H,17,21);1H. The Morgan fingerprint density at radius 3 is 2.48 bits per heavy atom. The zero-order chi connectivity index (χ0) is 15.8. The molecule has 6 nitrogen and oxygen atoms in total. The van der Waals surface area contributed by atoms with Gasteiger partial charge in [0.25, 0.3) is 0 Å². The molecule has 1 fully saturated rings. The first-order valence-corrected chi connectivity index (χ1v) is 7.71. The van der Waals surface area contributed by atoms with Crippen LogP contribution < -0.4 is 10.1 Å². The van der Waals surface area contributed by atoms with E-state index in [-0.39, 0.29) is 24.9 Å². The van der Waals surface area contributed by atoms with Gasteiger partial charge < -0.3 is 20.1 Å². The van der Waals surface area contributed by atoms with Gasteiger partial charge in [-0.15, -0.1) is 12.4 Å². The molecule has 1 aliphatic heterocycles. The SMILES string of the molecule is COc1cccc(NC(=O)CCN2CCN(CCO)CC2)c1.Cl. The van der Waals surface area contributed by atoms with Crippen molar-refractivity contribution >= 4 is 24.0 Å². The first-order valence-electron chi connectivity index (χ1n) is 7.71.